The molecule has 0 aromatic heterocycles. The summed E-state index contributed by atoms with van der Waals surface area (Å²) in [6.45, 7) is 2.02. The van der Waals surface area contributed by atoms with Crippen LogP contribution in [0.4, 0.5) is 0 Å². The average Bonchev–Trinajstić information content (AvgIpc) is 2.82. The summed E-state index contributed by atoms with van der Waals surface area (Å²) in [4.78, 5) is 23.9. The van der Waals surface area contributed by atoms with E-state index in [-0.39, 0.29) is 16.7 Å². The summed E-state index contributed by atoms with van der Waals surface area (Å²) in [5.41, 5.74) is 0.365. The Morgan fingerprint density at radius 3 is 2.45 bits per heavy atom. The maximum atomic E-state index is 12.6. The third kappa shape index (κ3) is 2.99. The summed E-state index contributed by atoms with van der Waals surface area (Å²) in [6.07, 6.45) is 2.07. The van der Waals surface area contributed by atoms with E-state index in [1.165, 1.54) is 6.07 Å². The number of hydrogen-bond donors (Lipinski definition) is 1. The van der Waals surface area contributed by atoms with Gasteiger partial charge in [0.1, 0.15) is 0 Å². The summed E-state index contributed by atoms with van der Waals surface area (Å²) in [7, 11) is 0. The van der Waals surface area contributed by atoms with Gasteiger partial charge in [0, 0.05) is 16.5 Å². The molecule has 0 radical (unpaired) electrons. The molecule has 0 bridgehead atoms. The quantitative estimate of drug-likeness (QED) is 0.842. The number of rotatable bonds is 4. The number of Topliss-reactive ketones (excluding diaryl/α,β-unsaturated/α-hetero) is 1. The van der Waals surface area contributed by atoms with Crippen LogP contribution >= 0.6 is 23.2 Å². The van der Waals surface area contributed by atoms with Crippen molar-refractivity contribution < 1.29 is 14.7 Å². The molecule has 1 aliphatic carbocycles. The zero-order valence-corrected chi connectivity index (χ0v) is 12.6. The Hall–Kier alpha value is -1.06. The molecule has 108 valence electrons. The van der Waals surface area contributed by atoms with Crippen molar-refractivity contribution in [3.8, 4) is 0 Å². The average molecular weight is 315 g/mol. The first-order valence-electron chi connectivity index (χ1n) is 6.66. The molecule has 3 atom stereocenters. The van der Waals surface area contributed by atoms with Gasteiger partial charge >= 0.3 is 5.97 Å². The van der Waals surface area contributed by atoms with Crippen LogP contribution in [-0.2, 0) is 4.79 Å². The van der Waals surface area contributed by atoms with Gasteiger partial charge in [-0.05, 0) is 37.0 Å². The molecular weight excluding hydrogens is 299 g/mol. The number of halogens is 2. The molecule has 1 aromatic carbocycles. The maximum absolute atomic E-state index is 12.6. The lowest BCUT2D eigenvalue weighted by atomic mass is 9.88. The molecule has 20 heavy (non-hydrogen) atoms. The van der Waals surface area contributed by atoms with Crippen LogP contribution in [0.2, 0.25) is 10.0 Å². The Labute approximate surface area is 127 Å². The van der Waals surface area contributed by atoms with E-state index < -0.39 is 17.8 Å². The van der Waals surface area contributed by atoms with Crippen molar-refractivity contribution >= 4 is 35.0 Å². The van der Waals surface area contributed by atoms with Crippen LogP contribution in [0.25, 0.3) is 0 Å². The molecule has 2 rings (SSSR count). The molecule has 5 heteroatoms. The normalized spacial score (nSPS) is 25.6. The second-order valence-corrected chi connectivity index (χ2v) is 6.13. The predicted octanol–water partition coefficient (Wildman–Crippen LogP) is 4.31. The van der Waals surface area contributed by atoms with Crippen LogP contribution < -0.4 is 0 Å². The standard InChI is InChI=1S/C15H16Cl2O3/c1-2-8-5-11(12(6-8)15(19)20)14(18)10-4-3-9(16)7-13(10)17/h3-4,7-8,11-12H,2,5-6H2,1H3,(H,19,20). The van der Waals surface area contributed by atoms with Crippen LogP contribution in [0.5, 0.6) is 0 Å². The highest BCUT2D eigenvalue weighted by Crippen LogP contribution is 2.41. The Balaban J connectivity index is 2.29. The lowest BCUT2D eigenvalue weighted by Crippen LogP contribution is -2.25. The van der Waals surface area contributed by atoms with E-state index in [1.54, 1.807) is 12.1 Å². The molecule has 0 amide bonds. The number of hydrogen-bond acceptors (Lipinski definition) is 2. The van der Waals surface area contributed by atoms with E-state index in [1.807, 2.05) is 6.92 Å². The molecule has 1 saturated carbocycles. The second kappa shape index (κ2) is 6.15. The third-order valence-electron chi connectivity index (χ3n) is 4.09. The summed E-state index contributed by atoms with van der Waals surface area (Å²) in [6, 6.07) is 4.69. The highest BCUT2D eigenvalue weighted by atomic mass is 35.5. The lowest BCUT2D eigenvalue weighted by Gasteiger charge is -2.15. The molecule has 0 spiro atoms. The Morgan fingerprint density at radius 1 is 1.25 bits per heavy atom. The summed E-state index contributed by atoms with van der Waals surface area (Å²) >= 11 is 11.9. The van der Waals surface area contributed by atoms with Crippen molar-refractivity contribution in [3.63, 3.8) is 0 Å². The largest absolute Gasteiger partial charge is 0.481 e. The predicted molar refractivity (Wildman–Crippen MR) is 78.4 cm³/mol. The van der Waals surface area contributed by atoms with Crippen molar-refractivity contribution in [2.24, 2.45) is 17.8 Å². The van der Waals surface area contributed by atoms with E-state index in [0.29, 0.717) is 23.4 Å². The molecule has 1 aromatic rings. The van der Waals surface area contributed by atoms with Crippen LogP contribution in [-0.4, -0.2) is 16.9 Å². The van der Waals surface area contributed by atoms with Crippen LogP contribution in [0, 0.1) is 17.8 Å². The van der Waals surface area contributed by atoms with Crippen LogP contribution in [0.3, 0.4) is 0 Å². The third-order valence-corrected chi connectivity index (χ3v) is 4.64. The number of carbonyl (C=O) groups is 2. The van der Waals surface area contributed by atoms with E-state index in [2.05, 4.69) is 0 Å². The first-order valence-corrected chi connectivity index (χ1v) is 7.41. The minimum Gasteiger partial charge on any atom is -0.481 e. The van der Waals surface area contributed by atoms with E-state index in [4.69, 9.17) is 23.2 Å². The Bertz CT molecular complexity index is 542. The highest BCUT2D eigenvalue weighted by Gasteiger charge is 2.42. The maximum Gasteiger partial charge on any atom is 0.307 e. The number of carboxylic acids is 1. The number of benzene rings is 1. The van der Waals surface area contributed by atoms with Gasteiger partial charge in [-0.25, -0.2) is 0 Å². The van der Waals surface area contributed by atoms with E-state index in [9.17, 15) is 14.7 Å². The van der Waals surface area contributed by atoms with Gasteiger partial charge in [0.25, 0.3) is 0 Å². The zero-order chi connectivity index (χ0) is 14.9. The minimum atomic E-state index is -0.899. The second-order valence-electron chi connectivity index (χ2n) is 5.29. The van der Waals surface area contributed by atoms with Gasteiger partial charge in [0.05, 0.1) is 10.9 Å². The van der Waals surface area contributed by atoms with Crippen LogP contribution in [0.15, 0.2) is 18.2 Å². The number of carboxylic acid groups (broad SMARTS) is 1. The molecule has 3 unspecified atom stereocenters. The molecule has 0 heterocycles. The van der Waals surface area contributed by atoms with Gasteiger partial charge in [0.2, 0.25) is 0 Å². The van der Waals surface area contributed by atoms with Gasteiger partial charge < -0.3 is 5.11 Å². The van der Waals surface area contributed by atoms with Gasteiger partial charge in [-0.3, -0.25) is 9.59 Å². The fourth-order valence-corrected chi connectivity index (χ4v) is 3.43. The number of ketones is 1. The fourth-order valence-electron chi connectivity index (χ4n) is 2.93. The van der Waals surface area contributed by atoms with Crippen molar-refractivity contribution in [3.05, 3.63) is 33.8 Å². The molecule has 0 aliphatic heterocycles. The smallest absolute Gasteiger partial charge is 0.307 e. The van der Waals surface area contributed by atoms with Crippen LogP contribution in [0.1, 0.15) is 36.5 Å². The van der Waals surface area contributed by atoms with Gasteiger partial charge in [-0.15, -0.1) is 0 Å². The number of carbonyl (C=O) groups excluding carboxylic acids is 1. The van der Waals surface area contributed by atoms with Crippen molar-refractivity contribution in [2.45, 2.75) is 26.2 Å². The van der Waals surface area contributed by atoms with Crippen molar-refractivity contribution in [1.82, 2.24) is 0 Å². The summed E-state index contributed by atoms with van der Waals surface area (Å²) < 4.78 is 0. The van der Waals surface area contributed by atoms with E-state index >= 15 is 0 Å². The van der Waals surface area contributed by atoms with Gasteiger partial charge in [0.15, 0.2) is 5.78 Å². The zero-order valence-electron chi connectivity index (χ0n) is 11.1. The summed E-state index contributed by atoms with van der Waals surface area (Å²) in [5, 5.41) is 10.0. The molecule has 1 fully saturated rings. The highest BCUT2D eigenvalue weighted by molar-refractivity contribution is 6.36. The number of aliphatic carboxylic acids is 1. The lowest BCUT2D eigenvalue weighted by molar-refractivity contribution is -0.142. The molecule has 3 nitrogen and oxygen atoms in total. The Morgan fingerprint density at radius 2 is 1.90 bits per heavy atom. The topological polar surface area (TPSA) is 54.4 Å². The Kier molecular flexibility index (Phi) is 4.71. The summed E-state index contributed by atoms with van der Waals surface area (Å²) in [5.74, 6) is -1.90. The molecule has 1 aliphatic rings. The van der Waals surface area contributed by atoms with E-state index in [0.717, 1.165) is 6.42 Å². The molecule has 0 saturated heterocycles. The minimum absolute atomic E-state index is 0.185. The molecular formula is C15H16Cl2O3. The first-order chi connectivity index (χ1) is 9.43. The van der Waals surface area contributed by atoms with Crippen molar-refractivity contribution in [1.29, 1.82) is 0 Å². The monoisotopic (exact) mass is 314 g/mol. The van der Waals surface area contributed by atoms with Gasteiger partial charge in [-0.2, -0.15) is 0 Å². The molecule has 1 N–H and O–H groups in total. The van der Waals surface area contributed by atoms with Gasteiger partial charge in [-0.1, -0.05) is 36.5 Å². The first kappa shape index (κ1) is 15.3. The fraction of sp³-hybridized carbons (Fsp3) is 0.467. The SMILES string of the molecule is CCC1CC(C(=O)O)C(C(=O)c2ccc(Cl)cc2Cl)C1. The van der Waals surface area contributed by atoms with Crippen molar-refractivity contribution in [2.75, 3.05) is 0 Å².